The molecule has 7 heteroatoms. The first-order chi connectivity index (χ1) is 9.98. The van der Waals surface area contributed by atoms with Gasteiger partial charge in [0, 0.05) is 29.3 Å². The molecular formula is C14H20BrN3O2S. The zero-order chi connectivity index (χ0) is 15.0. The molecule has 0 aromatic heterocycles. The quantitative estimate of drug-likeness (QED) is 0.803. The molecule has 0 amide bonds. The smallest absolute Gasteiger partial charge is 0.243 e. The molecule has 2 aliphatic heterocycles. The summed E-state index contributed by atoms with van der Waals surface area (Å²) in [5.41, 5.74) is 6.29. The van der Waals surface area contributed by atoms with Gasteiger partial charge in [-0.3, -0.25) is 4.90 Å². The van der Waals surface area contributed by atoms with Crippen molar-refractivity contribution in [1.82, 2.24) is 9.21 Å². The molecule has 2 aliphatic rings. The van der Waals surface area contributed by atoms with Gasteiger partial charge in [-0.15, -0.1) is 0 Å². The van der Waals surface area contributed by atoms with Gasteiger partial charge in [-0.05, 0) is 66.5 Å². The van der Waals surface area contributed by atoms with Crippen molar-refractivity contribution in [2.45, 2.75) is 30.2 Å². The van der Waals surface area contributed by atoms with Crippen LogP contribution in [0.15, 0.2) is 27.6 Å². The van der Waals surface area contributed by atoms with E-state index in [1.54, 1.807) is 22.5 Å². The van der Waals surface area contributed by atoms with E-state index in [-0.39, 0.29) is 0 Å². The number of nitrogens with two attached hydrogens (primary N) is 1. The third kappa shape index (κ3) is 2.97. The highest BCUT2D eigenvalue weighted by Gasteiger charge is 2.34. The number of fused-ring (bicyclic) bond motifs is 1. The van der Waals surface area contributed by atoms with Gasteiger partial charge in [0.05, 0.1) is 4.90 Å². The summed E-state index contributed by atoms with van der Waals surface area (Å²) in [6.07, 6.45) is 3.16. The van der Waals surface area contributed by atoms with Crippen molar-refractivity contribution < 1.29 is 8.42 Å². The van der Waals surface area contributed by atoms with Gasteiger partial charge in [0.1, 0.15) is 0 Å². The van der Waals surface area contributed by atoms with Gasteiger partial charge in [0.2, 0.25) is 10.0 Å². The van der Waals surface area contributed by atoms with Crippen LogP contribution >= 0.6 is 15.9 Å². The van der Waals surface area contributed by atoms with Crippen molar-refractivity contribution in [2.75, 3.05) is 31.9 Å². The van der Waals surface area contributed by atoms with Gasteiger partial charge in [0.15, 0.2) is 0 Å². The van der Waals surface area contributed by atoms with Gasteiger partial charge >= 0.3 is 0 Å². The summed E-state index contributed by atoms with van der Waals surface area (Å²) < 4.78 is 27.9. The minimum Gasteiger partial charge on any atom is -0.398 e. The van der Waals surface area contributed by atoms with Crippen LogP contribution < -0.4 is 5.73 Å². The Balaban J connectivity index is 1.88. The predicted molar refractivity (Wildman–Crippen MR) is 86.5 cm³/mol. The molecule has 3 rings (SSSR count). The molecule has 0 radical (unpaired) electrons. The average Bonchev–Trinajstić information content (AvgIpc) is 2.78. The van der Waals surface area contributed by atoms with Crippen molar-refractivity contribution in [3.8, 4) is 0 Å². The van der Waals surface area contributed by atoms with Gasteiger partial charge < -0.3 is 5.73 Å². The Labute approximate surface area is 134 Å². The third-order valence-corrected chi connectivity index (χ3v) is 6.92. The zero-order valence-electron chi connectivity index (χ0n) is 11.8. The van der Waals surface area contributed by atoms with E-state index in [0.29, 0.717) is 34.2 Å². The standard InChI is InChI=1S/C14H20BrN3O2S/c15-13-9-12(4-5-14(13)16)21(19,20)18-8-2-7-17-6-1-3-11(17)10-18/h4-5,9,11H,1-3,6-8,10,16H2. The van der Waals surface area contributed by atoms with Crippen molar-refractivity contribution >= 4 is 31.6 Å². The molecule has 21 heavy (non-hydrogen) atoms. The Morgan fingerprint density at radius 2 is 1.95 bits per heavy atom. The normalized spacial score (nSPS) is 24.7. The van der Waals surface area contributed by atoms with E-state index in [1.165, 1.54) is 6.42 Å². The fraction of sp³-hybridized carbons (Fsp3) is 0.571. The molecule has 2 heterocycles. The van der Waals surface area contributed by atoms with Crippen LogP contribution in [0.4, 0.5) is 5.69 Å². The number of sulfonamides is 1. The second-order valence-electron chi connectivity index (χ2n) is 5.73. The fourth-order valence-corrected chi connectivity index (χ4v) is 5.28. The molecule has 0 saturated carbocycles. The van der Waals surface area contributed by atoms with E-state index in [1.807, 2.05) is 0 Å². The van der Waals surface area contributed by atoms with Crippen molar-refractivity contribution in [3.05, 3.63) is 22.7 Å². The molecule has 2 saturated heterocycles. The number of hydrogen-bond donors (Lipinski definition) is 1. The minimum absolute atomic E-state index is 0.315. The average molecular weight is 374 g/mol. The lowest BCUT2D eigenvalue weighted by molar-refractivity contribution is 0.257. The Bertz CT molecular complexity index is 635. The number of benzene rings is 1. The van der Waals surface area contributed by atoms with Gasteiger partial charge in [0.25, 0.3) is 0 Å². The number of rotatable bonds is 2. The minimum atomic E-state index is -3.44. The van der Waals surface area contributed by atoms with Crippen molar-refractivity contribution in [1.29, 1.82) is 0 Å². The highest BCUT2D eigenvalue weighted by Crippen LogP contribution is 2.28. The molecule has 1 unspecified atom stereocenters. The van der Waals surface area contributed by atoms with Crippen LogP contribution in [0.25, 0.3) is 0 Å². The SMILES string of the molecule is Nc1ccc(S(=O)(=O)N2CCCN3CCCC3C2)cc1Br. The molecule has 5 nitrogen and oxygen atoms in total. The fourth-order valence-electron chi connectivity index (χ4n) is 3.21. The lowest BCUT2D eigenvalue weighted by atomic mass is 10.2. The van der Waals surface area contributed by atoms with Gasteiger partial charge in [-0.25, -0.2) is 8.42 Å². The van der Waals surface area contributed by atoms with Crippen molar-refractivity contribution in [2.24, 2.45) is 0 Å². The van der Waals surface area contributed by atoms with Crippen LogP contribution in [-0.2, 0) is 10.0 Å². The number of hydrogen-bond acceptors (Lipinski definition) is 4. The maximum atomic E-state index is 12.8. The molecule has 1 aromatic carbocycles. The summed E-state index contributed by atoms with van der Waals surface area (Å²) >= 11 is 3.31. The van der Waals surface area contributed by atoms with Crippen LogP contribution in [0.1, 0.15) is 19.3 Å². The number of nitrogens with zero attached hydrogens (tertiary/aromatic N) is 2. The van der Waals surface area contributed by atoms with Crippen LogP contribution in [0.5, 0.6) is 0 Å². The first-order valence-corrected chi connectivity index (χ1v) is 9.51. The molecule has 116 valence electrons. The topological polar surface area (TPSA) is 66.6 Å². The number of nitrogen functional groups attached to an aromatic ring is 1. The first-order valence-electron chi connectivity index (χ1n) is 7.28. The Morgan fingerprint density at radius 1 is 1.19 bits per heavy atom. The largest absolute Gasteiger partial charge is 0.398 e. The van der Waals surface area contributed by atoms with Crippen LogP contribution in [-0.4, -0.2) is 49.8 Å². The van der Waals surface area contributed by atoms with E-state index in [2.05, 4.69) is 20.8 Å². The number of anilines is 1. The van der Waals surface area contributed by atoms with E-state index in [4.69, 9.17) is 5.73 Å². The number of halogens is 1. The zero-order valence-corrected chi connectivity index (χ0v) is 14.2. The molecule has 1 atom stereocenters. The van der Waals surface area contributed by atoms with Crippen molar-refractivity contribution in [3.63, 3.8) is 0 Å². The summed E-state index contributed by atoms with van der Waals surface area (Å²) in [7, 11) is -3.44. The summed E-state index contributed by atoms with van der Waals surface area (Å²) in [6, 6.07) is 5.20. The second-order valence-corrected chi connectivity index (χ2v) is 8.52. The highest BCUT2D eigenvalue weighted by molar-refractivity contribution is 9.10. The van der Waals surface area contributed by atoms with Gasteiger partial charge in [-0.1, -0.05) is 0 Å². The lowest BCUT2D eigenvalue weighted by Gasteiger charge is -2.25. The second kappa shape index (κ2) is 5.87. The first kappa shape index (κ1) is 15.3. The molecule has 0 aliphatic carbocycles. The highest BCUT2D eigenvalue weighted by atomic mass is 79.9. The summed E-state index contributed by atoms with van der Waals surface area (Å²) in [4.78, 5) is 2.74. The maximum Gasteiger partial charge on any atom is 0.243 e. The van der Waals surface area contributed by atoms with E-state index in [0.717, 1.165) is 25.9 Å². The summed E-state index contributed by atoms with van der Waals surface area (Å²) in [6.45, 7) is 3.30. The molecule has 1 aromatic rings. The van der Waals surface area contributed by atoms with Crippen LogP contribution in [0.2, 0.25) is 0 Å². The Morgan fingerprint density at radius 3 is 2.71 bits per heavy atom. The third-order valence-electron chi connectivity index (χ3n) is 4.38. The predicted octanol–water partition coefficient (Wildman–Crippen LogP) is 1.89. The maximum absolute atomic E-state index is 12.8. The van der Waals surface area contributed by atoms with E-state index >= 15 is 0 Å². The molecule has 2 fully saturated rings. The molecule has 0 spiro atoms. The summed E-state index contributed by atoms with van der Waals surface area (Å²) in [5.74, 6) is 0. The Hall–Kier alpha value is -0.630. The monoisotopic (exact) mass is 373 g/mol. The van der Waals surface area contributed by atoms with E-state index < -0.39 is 10.0 Å². The molecule has 0 bridgehead atoms. The molecule has 2 N–H and O–H groups in total. The van der Waals surface area contributed by atoms with Gasteiger partial charge in [-0.2, -0.15) is 4.31 Å². The van der Waals surface area contributed by atoms with Crippen LogP contribution in [0, 0.1) is 0 Å². The Kier molecular flexibility index (Phi) is 4.27. The summed E-state index contributed by atoms with van der Waals surface area (Å²) in [5, 5.41) is 0. The molecular weight excluding hydrogens is 354 g/mol. The lowest BCUT2D eigenvalue weighted by Crippen LogP contribution is -2.39. The van der Waals surface area contributed by atoms with E-state index in [9.17, 15) is 8.42 Å². The van der Waals surface area contributed by atoms with Crippen LogP contribution in [0.3, 0.4) is 0 Å².